The second-order valence-corrected chi connectivity index (χ2v) is 12.2. The number of carbonyl (C=O) groups excluding carboxylic acids is 1. The number of aromatic nitrogens is 1. The van der Waals surface area contributed by atoms with Gasteiger partial charge < -0.3 is 17.3 Å². The van der Waals surface area contributed by atoms with Gasteiger partial charge in [0.15, 0.2) is 5.13 Å². The number of hydrogen-bond acceptors (Lipinski definition) is 6. The molecule has 0 spiro atoms. The first-order chi connectivity index (χ1) is 15.8. The molecule has 7 nitrogen and oxygen atoms in total. The molecule has 0 aliphatic carbocycles. The van der Waals surface area contributed by atoms with Gasteiger partial charge in [-0.15, -0.1) is 0 Å². The lowest BCUT2D eigenvalue weighted by molar-refractivity contribution is -0.0000167. The fourth-order valence-corrected chi connectivity index (χ4v) is 6.89. The molecule has 0 atom stereocenters. The molecular formula is C23H28BrClN4O3S2. The molecule has 184 valence electrons. The molecule has 34 heavy (non-hydrogen) atoms. The highest BCUT2D eigenvalue weighted by atomic mass is 79.9. The Bertz CT molecular complexity index is 1250. The lowest BCUT2D eigenvalue weighted by atomic mass is 10.2. The molecule has 0 unspecified atom stereocenters. The SMILES string of the molecule is CN(C)CCCN(C(=O)c1ccc(S(=O)(=O)N2CCCC2)cc1)c1nc2ccc(Br)cc2s1.[Cl-].[H+]. The van der Waals surface area contributed by atoms with Crippen LogP contribution in [0.1, 0.15) is 31.0 Å². The Hall–Kier alpha value is -1.56. The fraction of sp³-hybridized carbons (Fsp3) is 0.391. The largest absolute Gasteiger partial charge is 1.00 e. The summed E-state index contributed by atoms with van der Waals surface area (Å²) in [6.45, 7) is 2.46. The quantitative estimate of drug-likeness (QED) is 0.400. The van der Waals surface area contributed by atoms with Crippen molar-refractivity contribution in [1.29, 1.82) is 0 Å². The van der Waals surface area contributed by atoms with Crippen molar-refractivity contribution in [2.24, 2.45) is 0 Å². The summed E-state index contributed by atoms with van der Waals surface area (Å²) in [6.07, 6.45) is 2.56. The van der Waals surface area contributed by atoms with E-state index in [1.165, 1.54) is 27.8 Å². The Kier molecular flexibility index (Phi) is 9.10. The predicted octanol–water partition coefficient (Wildman–Crippen LogP) is 1.56. The standard InChI is InChI=1S/C23H27BrN4O3S2.ClH/c1-26(2)12-5-15-28(23-25-20-11-8-18(24)16-21(20)32-23)22(29)17-6-9-19(10-7-17)33(30,31)27-13-3-4-14-27;/h6-11,16H,3-5,12-15H2,1-2H3;1H. The maximum absolute atomic E-state index is 13.5. The monoisotopic (exact) mass is 586 g/mol. The molecule has 4 rings (SSSR count). The maximum Gasteiger partial charge on any atom is 1.00 e. The third-order valence-electron chi connectivity index (χ3n) is 5.61. The number of anilines is 1. The zero-order chi connectivity index (χ0) is 23.6. The molecule has 0 N–H and O–H groups in total. The van der Waals surface area contributed by atoms with Crippen molar-refractivity contribution in [1.82, 2.24) is 14.2 Å². The number of amides is 1. The molecule has 2 heterocycles. The summed E-state index contributed by atoms with van der Waals surface area (Å²) in [5.41, 5.74) is 1.29. The van der Waals surface area contributed by atoms with Gasteiger partial charge in [0, 0.05) is 29.7 Å². The van der Waals surface area contributed by atoms with Gasteiger partial charge in [0.2, 0.25) is 10.0 Å². The van der Waals surface area contributed by atoms with Gasteiger partial charge >= 0.3 is 1.43 Å². The molecule has 1 aliphatic rings. The first kappa shape index (κ1) is 27.0. The number of thiazole rings is 1. The molecule has 11 heteroatoms. The van der Waals surface area contributed by atoms with Crippen molar-refractivity contribution in [2.75, 3.05) is 45.2 Å². The minimum atomic E-state index is -3.51. The van der Waals surface area contributed by atoms with Crippen LogP contribution in [0.3, 0.4) is 0 Å². The minimum absolute atomic E-state index is 0. The average Bonchev–Trinajstić information content (AvgIpc) is 3.46. The van der Waals surface area contributed by atoms with Gasteiger partial charge in [-0.1, -0.05) is 27.3 Å². The van der Waals surface area contributed by atoms with E-state index in [0.717, 1.165) is 40.5 Å². The van der Waals surface area contributed by atoms with Gasteiger partial charge in [0.1, 0.15) is 0 Å². The van der Waals surface area contributed by atoms with Crippen LogP contribution in [0.15, 0.2) is 51.8 Å². The van der Waals surface area contributed by atoms with Crippen LogP contribution in [0.4, 0.5) is 5.13 Å². The van der Waals surface area contributed by atoms with E-state index in [1.54, 1.807) is 17.0 Å². The van der Waals surface area contributed by atoms with E-state index in [0.29, 0.717) is 30.3 Å². The second kappa shape index (κ2) is 11.5. The summed E-state index contributed by atoms with van der Waals surface area (Å²) in [4.78, 5) is 22.2. The Morgan fingerprint density at radius 2 is 1.79 bits per heavy atom. The zero-order valence-corrected chi connectivity index (χ0v) is 23.1. The zero-order valence-electron chi connectivity index (χ0n) is 20.1. The van der Waals surface area contributed by atoms with Gasteiger partial charge in [-0.05, 0) is 82.4 Å². The summed E-state index contributed by atoms with van der Waals surface area (Å²) in [6, 6.07) is 12.1. The number of benzene rings is 2. The number of halogens is 2. The number of fused-ring (bicyclic) bond motifs is 1. The second-order valence-electron chi connectivity index (χ2n) is 8.36. The highest BCUT2D eigenvalue weighted by molar-refractivity contribution is 9.10. The first-order valence-corrected chi connectivity index (χ1v) is 13.9. The number of rotatable bonds is 8. The van der Waals surface area contributed by atoms with Gasteiger partial charge in [-0.2, -0.15) is 4.31 Å². The Morgan fingerprint density at radius 3 is 2.44 bits per heavy atom. The Balaban J connectivity index is 0.00000216. The van der Waals surface area contributed by atoms with E-state index in [-0.39, 0.29) is 24.6 Å². The van der Waals surface area contributed by atoms with E-state index in [2.05, 4.69) is 20.8 Å². The van der Waals surface area contributed by atoms with E-state index in [9.17, 15) is 13.2 Å². The first-order valence-electron chi connectivity index (χ1n) is 10.9. The van der Waals surface area contributed by atoms with E-state index >= 15 is 0 Å². The lowest BCUT2D eigenvalue weighted by Crippen LogP contribution is -3.00. The topological polar surface area (TPSA) is 73.8 Å². The summed E-state index contributed by atoms with van der Waals surface area (Å²) in [7, 11) is 0.491. The van der Waals surface area contributed by atoms with Crippen LogP contribution in [0, 0.1) is 0 Å². The molecule has 3 aromatic rings. The van der Waals surface area contributed by atoms with E-state index < -0.39 is 10.0 Å². The van der Waals surface area contributed by atoms with Crippen LogP contribution in [0.25, 0.3) is 10.2 Å². The van der Waals surface area contributed by atoms with Crippen LogP contribution in [-0.4, -0.2) is 68.8 Å². The van der Waals surface area contributed by atoms with Crippen molar-refractivity contribution in [3.8, 4) is 0 Å². The molecule has 0 radical (unpaired) electrons. The normalized spacial score (nSPS) is 14.5. The minimum Gasteiger partial charge on any atom is -1.00 e. The van der Waals surface area contributed by atoms with Crippen LogP contribution in [0.5, 0.6) is 0 Å². The highest BCUT2D eigenvalue weighted by Crippen LogP contribution is 2.32. The summed E-state index contributed by atoms with van der Waals surface area (Å²) >= 11 is 4.96. The molecule has 0 saturated carbocycles. The molecule has 1 aliphatic heterocycles. The number of carbonyl (C=O) groups is 1. The van der Waals surface area contributed by atoms with Crippen LogP contribution >= 0.6 is 27.3 Å². The van der Waals surface area contributed by atoms with Crippen LogP contribution < -0.4 is 17.3 Å². The van der Waals surface area contributed by atoms with Crippen molar-refractivity contribution in [3.63, 3.8) is 0 Å². The van der Waals surface area contributed by atoms with Crippen LogP contribution in [-0.2, 0) is 10.0 Å². The number of hydrogen-bond donors (Lipinski definition) is 0. The fourth-order valence-electron chi connectivity index (χ4n) is 3.83. The number of sulfonamides is 1. The van der Waals surface area contributed by atoms with E-state index in [1.807, 2.05) is 32.3 Å². The van der Waals surface area contributed by atoms with Crippen molar-refractivity contribution in [3.05, 3.63) is 52.5 Å². The lowest BCUT2D eigenvalue weighted by Gasteiger charge is -2.21. The summed E-state index contributed by atoms with van der Waals surface area (Å²) < 4.78 is 29.1. The third-order valence-corrected chi connectivity index (χ3v) is 9.05. The molecule has 1 fully saturated rings. The highest BCUT2D eigenvalue weighted by Gasteiger charge is 2.28. The summed E-state index contributed by atoms with van der Waals surface area (Å²) in [5.74, 6) is -0.183. The summed E-state index contributed by atoms with van der Waals surface area (Å²) in [5, 5.41) is 0.639. The van der Waals surface area contributed by atoms with Gasteiger partial charge in [-0.25, -0.2) is 13.4 Å². The molecule has 2 aromatic carbocycles. The van der Waals surface area contributed by atoms with Gasteiger partial charge in [0.05, 0.1) is 15.1 Å². The van der Waals surface area contributed by atoms with E-state index in [4.69, 9.17) is 4.98 Å². The Labute approximate surface area is 220 Å². The molecule has 1 aromatic heterocycles. The van der Waals surface area contributed by atoms with Crippen molar-refractivity contribution >= 4 is 58.5 Å². The van der Waals surface area contributed by atoms with Crippen molar-refractivity contribution < 1.29 is 27.0 Å². The number of nitrogens with zero attached hydrogens (tertiary/aromatic N) is 4. The van der Waals surface area contributed by atoms with Crippen LogP contribution in [0.2, 0.25) is 0 Å². The van der Waals surface area contributed by atoms with Crippen molar-refractivity contribution in [2.45, 2.75) is 24.2 Å². The predicted molar refractivity (Wildman–Crippen MR) is 138 cm³/mol. The van der Waals surface area contributed by atoms with Gasteiger partial charge in [0.25, 0.3) is 5.91 Å². The molecule has 0 bridgehead atoms. The average molecular weight is 588 g/mol. The third kappa shape index (κ3) is 5.98. The maximum atomic E-state index is 13.5. The molecule has 1 amide bonds. The molecule has 1 saturated heterocycles. The Morgan fingerprint density at radius 1 is 1.12 bits per heavy atom. The van der Waals surface area contributed by atoms with Gasteiger partial charge in [-0.3, -0.25) is 9.69 Å². The molecular weight excluding hydrogens is 560 g/mol. The smallest absolute Gasteiger partial charge is 1.00 e.